The lowest BCUT2D eigenvalue weighted by molar-refractivity contribution is -0.137. The van der Waals surface area contributed by atoms with E-state index in [2.05, 4.69) is 22.0 Å². The minimum Gasteiger partial charge on any atom is -0.459 e. The van der Waals surface area contributed by atoms with Gasteiger partial charge in [0.25, 0.3) is 5.91 Å². The van der Waals surface area contributed by atoms with E-state index in [0.717, 1.165) is 37.8 Å². The normalized spacial score (nSPS) is 15.8. The highest BCUT2D eigenvalue weighted by Crippen LogP contribution is 2.36. The fourth-order valence-electron chi connectivity index (χ4n) is 3.69. The Morgan fingerprint density at radius 3 is 2.44 bits per heavy atom. The van der Waals surface area contributed by atoms with E-state index in [0.29, 0.717) is 12.8 Å². The number of rotatable bonds is 6. The third-order valence-electron chi connectivity index (χ3n) is 5.32. The number of halogens is 3. The molecule has 1 aromatic heterocycles. The fraction of sp³-hybridized carbons (Fsp3) is 0.409. The Kier molecular flexibility index (Phi) is 7.08. The van der Waals surface area contributed by atoms with E-state index >= 15 is 0 Å². The molecule has 0 bridgehead atoms. The average molecular weight is 448 g/mol. The first-order valence-corrected chi connectivity index (χ1v) is 10.2. The molecule has 1 aromatic carbocycles. The van der Waals surface area contributed by atoms with Crippen molar-refractivity contribution in [3.8, 4) is 6.07 Å². The molecule has 7 nitrogen and oxygen atoms in total. The van der Waals surface area contributed by atoms with Crippen molar-refractivity contribution in [1.82, 2.24) is 5.32 Å². The number of furan rings is 1. The summed E-state index contributed by atoms with van der Waals surface area (Å²) < 4.78 is 45.7. The first-order chi connectivity index (χ1) is 15.2. The van der Waals surface area contributed by atoms with E-state index in [9.17, 15) is 28.0 Å². The van der Waals surface area contributed by atoms with Crippen LogP contribution in [0.3, 0.4) is 0 Å². The van der Waals surface area contributed by atoms with Gasteiger partial charge in [0.15, 0.2) is 5.76 Å². The lowest BCUT2D eigenvalue weighted by atomic mass is 9.92. The monoisotopic (exact) mass is 448 g/mol. The van der Waals surface area contributed by atoms with Crippen LogP contribution in [0.4, 0.5) is 24.5 Å². The van der Waals surface area contributed by atoms with Crippen LogP contribution < -0.4 is 16.0 Å². The van der Waals surface area contributed by atoms with Gasteiger partial charge in [-0.05, 0) is 43.2 Å². The number of benzene rings is 1. The van der Waals surface area contributed by atoms with E-state index in [4.69, 9.17) is 4.42 Å². The van der Waals surface area contributed by atoms with Crippen LogP contribution in [0.1, 0.15) is 54.6 Å². The van der Waals surface area contributed by atoms with Crippen LogP contribution in [0.2, 0.25) is 0 Å². The Morgan fingerprint density at radius 1 is 1.12 bits per heavy atom. The molecule has 2 amide bonds. The Labute approximate surface area is 183 Å². The van der Waals surface area contributed by atoms with Crippen LogP contribution in [-0.4, -0.2) is 23.9 Å². The molecule has 1 saturated carbocycles. The van der Waals surface area contributed by atoms with E-state index in [1.807, 2.05) is 0 Å². The van der Waals surface area contributed by atoms with Gasteiger partial charge in [-0.15, -0.1) is 0 Å². The summed E-state index contributed by atoms with van der Waals surface area (Å²) in [7, 11) is 0. The highest BCUT2D eigenvalue weighted by molar-refractivity contribution is 6.02. The summed E-state index contributed by atoms with van der Waals surface area (Å²) >= 11 is 0. The average Bonchev–Trinajstić information content (AvgIpc) is 3.20. The number of amides is 2. The van der Waals surface area contributed by atoms with Gasteiger partial charge in [0, 0.05) is 11.4 Å². The third-order valence-corrected chi connectivity index (χ3v) is 5.32. The second-order valence-electron chi connectivity index (χ2n) is 7.70. The number of carbonyl (C=O) groups is 2. The lowest BCUT2D eigenvalue weighted by Gasteiger charge is -2.26. The van der Waals surface area contributed by atoms with Gasteiger partial charge in [0.2, 0.25) is 5.91 Å². The van der Waals surface area contributed by atoms with Crippen molar-refractivity contribution >= 4 is 23.2 Å². The largest absolute Gasteiger partial charge is 0.459 e. The number of hydrogen-bond donors (Lipinski definition) is 3. The van der Waals surface area contributed by atoms with Gasteiger partial charge in [-0.25, -0.2) is 0 Å². The number of hydrogen-bond acceptors (Lipinski definition) is 5. The van der Waals surface area contributed by atoms with Gasteiger partial charge in [-0.2, -0.15) is 18.4 Å². The van der Waals surface area contributed by atoms with Gasteiger partial charge in [-0.1, -0.05) is 25.7 Å². The molecule has 1 heterocycles. The zero-order valence-electron chi connectivity index (χ0n) is 17.2. The van der Waals surface area contributed by atoms with Crippen LogP contribution in [0.15, 0.2) is 41.0 Å². The number of alkyl halides is 3. The lowest BCUT2D eigenvalue weighted by Crippen LogP contribution is -2.49. The maximum absolute atomic E-state index is 13.6. The quantitative estimate of drug-likeness (QED) is 0.556. The summed E-state index contributed by atoms with van der Waals surface area (Å²) in [6, 6.07) is 8.25. The van der Waals surface area contributed by atoms with Crippen molar-refractivity contribution in [3.05, 3.63) is 47.9 Å². The smallest absolute Gasteiger partial charge is 0.418 e. The summed E-state index contributed by atoms with van der Waals surface area (Å²) in [5.74, 6) is -1.28. The van der Waals surface area contributed by atoms with E-state index in [1.165, 1.54) is 24.5 Å². The Hall–Kier alpha value is -3.48. The number of nitriles is 1. The summed E-state index contributed by atoms with van der Waals surface area (Å²) in [6.07, 6.45) is 1.18. The summed E-state index contributed by atoms with van der Waals surface area (Å²) in [5.41, 5.74) is -2.40. The minimum atomic E-state index is -4.72. The molecular formula is C22H23F3N4O3. The standard InChI is InChI=1S/C22H23F3N4O3/c23-22(24,25)16-12-15(28-20(31)18-6-5-11-32-18)7-8-17(16)27-13-19(30)29-21(14-26)9-3-1-2-4-10-21/h5-8,11-12,27H,1-4,9-10,13H2,(H,28,31)(H,29,30). The van der Waals surface area contributed by atoms with Gasteiger partial charge < -0.3 is 20.4 Å². The zero-order chi connectivity index (χ0) is 23.2. The van der Waals surface area contributed by atoms with E-state index < -0.39 is 35.6 Å². The van der Waals surface area contributed by atoms with Crippen molar-refractivity contribution in [2.45, 2.75) is 50.2 Å². The molecule has 170 valence electrons. The second-order valence-corrected chi connectivity index (χ2v) is 7.70. The van der Waals surface area contributed by atoms with Crippen molar-refractivity contribution in [2.24, 2.45) is 0 Å². The molecule has 10 heteroatoms. The van der Waals surface area contributed by atoms with E-state index in [-0.39, 0.29) is 17.1 Å². The molecule has 3 N–H and O–H groups in total. The van der Waals surface area contributed by atoms with Gasteiger partial charge in [-0.3, -0.25) is 9.59 Å². The zero-order valence-corrected chi connectivity index (χ0v) is 17.2. The first-order valence-electron chi connectivity index (χ1n) is 10.2. The Balaban J connectivity index is 1.69. The van der Waals surface area contributed by atoms with Crippen LogP contribution >= 0.6 is 0 Å². The summed E-state index contributed by atoms with van der Waals surface area (Å²) in [5, 5.41) is 17.1. The van der Waals surface area contributed by atoms with Crippen molar-refractivity contribution in [1.29, 1.82) is 5.26 Å². The van der Waals surface area contributed by atoms with Crippen LogP contribution in [-0.2, 0) is 11.0 Å². The molecule has 0 aliphatic heterocycles. The molecule has 1 aliphatic carbocycles. The summed E-state index contributed by atoms with van der Waals surface area (Å²) in [6.45, 7) is -0.426. The predicted octanol–water partition coefficient (Wildman–Crippen LogP) is 4.70. The number of nitrogens with zero attached hydrogens (tertiary/aromatic N) is 1. The molecule has 0 saturated heterocycles. The summed E-state index contributed by atoms with van der Waals surface area (Å²) in [4.78, 5) is 24.4. The molecule has 2 aromatic rings. The Morgan fingerprint density at radius 2 is 1.84 bits per heavy atom. The van der Waals surface area contributed by atoms with Gasteiger partial charge in [0.05, 0.1) is 24.4 Å². The molecular weight excluding hydrogens is 425 g/mol. The van der Waals surface area contributed by atoms with Gasteiger partial charge >= 0.3 is 6.18 Å². The maximum Gasteiger partial charge on any atom is 0.418 e. The number of nitrogens with one attached hydrogen (secondary N) is 3. The molecule has 0 atom stereocenters. The topological polar surface area (TPSA) is 107 Å². The molecule has 0 spiro atoms. The molecule has 1 fully saturated rings. The molecule has 0 radical (unpaired) electrons. The molecule has 32 heavy (non-hydrogen) atoms. The number of anilines is 2. The second kappa shape index (κ2) is 9.77. The van der Waals surface area contributed by atoms with Crippen molar-refractivity contribution < 1.29 is 27.2 Å². The fourth-order valence-corrected chi connectivity index (χ4v) is 3.69. The minimum absolute atomic E-state index is 0.0395. The maximum atomic E-state index is 13.6. The SMILES string of the molecule is N#CC1(NC(=O)CNc2ccc(NC(=O)c3ccco3)cc2C(F)(F)F)CCCCCC1. The predicted molar refractivity (Wildman–Crippen MR) is 111 cm³/mol. The molecule has 0 unspecified atom stereocenters. The number of carbonyl (C=O) groups excluding carboxylic acids is 2. The molecule has 1 aliphatic rings. The third kappa shape index (κ3) is 5.81. The van der Waals surface area contributed by atoms with Crippen LogP contribution in [0, 0.1) is 11.3 Å². The van der Waals surface area contributed by atoms with Crippen molar-refractivity contribution in [2.75, 3.05) is 17.2 Å². The van der Waals surface area contributed by atoms with Crippen molar-refractivity contribution in [3.63, 3.8) is 0 Å². The van der Waals surface area contributed by atoms with E-state index in [1.54, 1.807) is 0 Å². The highest BCUT2D eigenvalue weighted by Gasteiger charge is 2.35. The van der Waals surface area contributed by atoms with Crippen LogP contribution in [0.25, 0.3) is 0 Å². The first kappa shape index (κ1) is 23.2. The van der Waals surface area contributed by atoms with Gasteiger partial charge in [0.1, 0.15) is 5.54 Å². The highest BCUT2D eigenvalue weighted by atomic mass is 19.4. The molecule has 3 rings (SSSR count). The Bertz CT molecular complexity index is 989. The van der Waals surface area contributed by atoms with Crippen LogP contribution in [0.5, 0.6) is 0 Å².